The molecule has 3 rings (SSSR count). The monoisotopic (exact) mass is 429 g/mol. The maximum absolute atomic E-state index is 13.4. The van der Waals surface area contributed by atoms with E-state index in [1.165, 1.54) is 30.3 Å². The van der Waals surface area contributed by atoms with Gasteiger partial charge in [0.1, 0.15) is 0 Å². The summed E-state index contributed by atoms with van der Waals surface area (Å²) < 4.78 is 40.3. The van der Waals surface area contributed by atoms with Gasteiger partial charge in [-0.3, -0.25) is 4.79 Å². The molecule has 1 aliphatic rings. The summed E-state index contributed by atoms with van der Waals surface area (Å²) >= 11 is 0. The molecule has 1 aliphatic heterocycles. The number of nitrogens with zero attached hydrogens (tertiary/aromatic N) is 1. The number of carboxylic acid groups (broad SMARTS) is 1. The normalized spacial score (nSPS) is 17.5. The third kappa shape index (κ3) is 5.84. The van der Waals surface area contributed by atoms with Gasteiger partial charge in [0.2, 0.25) is 5.91 Å². The summed E-state index contributed by atoms with van der Waals surface area (Å²) in [5.41, 5.74) is 0.422. The summed E-state index contributed by atoms with van der Waals surface area (Å²) in [6, 6.07) is 13.7. The van der Waals surface area contributed by atoms with Gasteiger partial charge in [-0.15, -0.1) is 0 Å². The Morgan fingerprint density at radius 2 is 1.74 bits per heavy atom. The van der Waals surface area contributed by atoms with Crippen molar-refractivity contribution < 1.29 is 27.9 Å². The maximum atomic E-state index is 13.4. The molecule has 4 nitrogen and oxygen atoms in total. The van der Waals surface area contributed by atoms with E-state index < -0.39 is 17.7 Å². The number of carbonyl (C=O) groups excluding carboxylic acids is 1. The molecule has 0 bridgehead atoms. The van der Waals surface area contributed by atoms with E-state index in [9.17, 15) is 22.8 Å². The van der Waals surface area contributed by atoms with Crippen LogP contribution in [0.5, 0.6) is 0 Å². The summed E-state index contributed by atoms with van der Waals surface area (Å²) in [4.78, 5) is 24.8. The van der Waals surface area contributed by atoms with Gasteiger partial charge in [0.05, 0.1) is 17.2 Å². The number of rotatable bonds is 7. The Hall–Kier alpha value is -3.35. The molecule has 2 aromatic carbocycles. The third-order valence-corrected chi connectivity index (χ3v) is 5.20. The number of halogens is 3. The second-order valence-electron chi connectivity index (χ2n) is 7.27. The predicted molar refractivity (Wildman–Crippen MR) is 111 cm³/mol. The second-order valence-corrected chi connectivity index (χ2v) is 7.27. The molecule has 1 amide bonds. The minimum Gasteiger partial charge on any atom is -0.478 e. The van der Waals surface area contributed by atoms with Crippen LogP contribution in [0, 0.1) is 0 Å². The van der Waals surface area contributed by atoms with E-state index in [-0.39, 0.29) is 23.1 Å². The highest BCUT2D eigenvalue weighted by Crippen LogP contribution is 2.33. The smallest absolute Gasteiger partial charge is 0.416 e. The van der Waals surface area contributed by atoms with E-state index in [0.29, 0.717) is 25.8 Å². The Balaban J connectivity index is 1.69. The van der Waals surface area contributed by atoms with Crippen molar-refractivity contribution in [2.24, 2.45) is 0 Å². The van der Waals surface area contributed by atoms with Crippen molar-refractivity contribution in [1.82, 2.24) is 4.90 Å². The van der Waals surface area contributed by atoms with Crippen LogP contribution in [0.4, 0.5) is 13.2 Å². The Morgan fingerprint density at radius 3 is 2.35 bits per heavy atom. The van der Waals surface area contributed by atoms with E-state index in [1.54, 1.807) is 41.3 Å². The Morgan fingerprint density at radius 1 is 1.06 bits per heavy atom. The van der Waals surface area contributed by atoms with E-state index in [1.807, 2.05) is 0 Å². The molecular weight excluding hydrogens is 407 g/mol. The van der Waals surface area contributed by atoms with Crippen molar-refractivity contribution in [2.75, 3.05) is 6.54 Å². The van der Waals surface area contributed by atoms with Crippen LogP contribution >= 0.6 is 0 Å². The van der Waals surface area contributed by atoms with Crippen LogP contribution in [0.25, 0.3) is 5.57 Å². The Labute approximate surface area is 178 Å². The van der Waals surface area contributed by atoms with Gasteiger partial charge in [-0.25, -0.2) is 4.79 Å². The van der Waals surface area contributed by atoms with Gasteiger partial charge < -0.3 is 10.0 Å². The molecule has 1 saturated heterocycles. The molecule has 1 N–H and O–H groups in total. The van der Waals surface area contributed by atoms with Gasteiger partial charge in [0.15, 0.2) is 0 Å². The fourth-order valence-corrected chi connectivity index (χ4v) is 3.56. The minimum absolute atomic E-state index is 0.0418. The van der Waals surface area contributed by atoms with Crippen LogP contribution in [0.3, 0.4) is 0 Å². The lowest BCUT2D eigenvalue weighted by atomic mass is 10.0. The van der Waals surface area contributed by atoms with Gasteiger partial charge in [-0.1, -0.05) is 54.6 Å². The second kappa shape index (κ2) is 9.64. The molecule has 2 aromatic rings. The number of hydrogen-bond donors (Lipinski definition) is 1. The van der Waals surface area contributed by atoms with E-state index in [0.717, 1.165) is 11.6 Å². The van der Waals surface area contributed by atoms with Crippen molar-refractivity contribution in [1.29, 1.82) is 0 Å². The topological polar surface area (TPSA) is 57.6 Å². The van der Waals surface area contributed by atoms with Crippen molar-refractivity contribution in [2.45, 2.75) is 31.5 Å². The lowest BCUT2D eigenvalue weighted by molar-refractivity contribution is -0.128. The molecule has 1 fully saturated rings. The molecule has 1 heterocycles. The zero-order valence-electron chi connectivity index (χ0n) is 16.7. The first-order chi connectivity index (χ1) is 14.8. The highest BCUT2D eigenvalue weighted by atomic mass is 19.4. The van der Waals surface area contributed by atoms with Gasteiger partial charge >= 0.3 is 12.1 Å². The number of aromatic carboxylic acids is 1. The summed E-state index contributed by atoms with van der Waals surface area (Å²) in [6.45, 7) is 0.411. The molecule has 1 atom stereocenters. The van der Waals surface area contributed by atoms with Crippen LogP contribution < -0.4 is 0 Å². The molecule has 0 unspecified atom stereocenters. The first-order valence-corrected chi connectivity index (χ1v) is 9.88. The molecule has 0 aromatic heterocycles. The first-order valence-electron chi connectivity index (χ1n) is 9.88. The number of alkyl halides is 3. The van der Waals surface area contributed by atoms with Gasteiger partial charge in [-0.2, -0.15) is 13.2 Å². The molecule has 0 aliphatic carbocycles. The third-order valence-electron chi connectivity index (χ3n) is 5.20. The standard InChI is InChI=1S/C24H22F3NO3/c25-24(26,27)21(18-5-2-1-3-6-18)8-4-7-20-13-14-22(29)28(20)16-15-17-9-11-19(12-10-17)23(30)31/h1-12,20H,13-16H2,(H,30,31)/b7-4-,21-8+/t20-/m0/s1. The molecule has 162 valence electrons. The number of hydrogen-bond acceptors (Lipinski definition) is 2. The number of likely N-dealkylation sites (tertiary alicyclic amines) is 1. The molecule has 0 saturated carbocycles. The number of carboxylic acids is 1. The van der Waals surface area contributed by atoms with Crippen molar-refractivity contribution >= 4 is 17.4 Å². The molecule has 31 heavy (non-hydrogen) atoms. The zero-order chi connectivity index (χ0) is 22.4. The minimum atomic E-state index is -4.49. The quantitative estimate of drug-likeness (QED) is 0.622. The maximum Gasteiger partial charge on any atom is 0.416 e. The predicted octanol–water partition coefficient (Wildman–Crippen LogP) is 5.12. The van der Waals surface area contributed by atoms with Gasteiger partial charge in [0, 0.05) is 13.0 Å². The van der Waals surface area contributed by atoms with Crippen LogP contribution in [-0.2, 0) is 11.2 Å². The summed E-state index contributed by atoms with van der Waals surface area (Å²) in [5, 5.41) is 8.96. The lowest BCUT2D eigenvalue weighted by Gasteiger charge is -2.22. The van der Waals surface area contributed by atoms with Crippen molar-refractivity contribution in [3.63, 3.8) is 0 Å². The highest BCUT2D eigenvalue weighted by Gasteiger charge is 2.34. The van der Waals surface area contributed by atoms with Crippen LogP contribution in [-0.4, -0.2) is 40.6 Å². The number of carbonyl (C=O) groups is 2. The van der Waals surface area contributed by atoms with E-state index >= 15 is 0 Å². The first kappa shape index (κ1) is 22.3. The molecule has 0 radical (unpaired) electrons. The largest absolute Gasteiger partial charge is 0.478 e. The number of benzene rings is 2. The van der Waals surface area contributed by atoms with Gasteiger partial charge in [-0.05, 0) is 42.2 Å². The van der Waals surface area contributed by atoms with Crippen LogP contribution in [0.2, 0.25) is 0 Å². The summed E-state index contributed by atoms with van der Waals surface area (Å²) in [5.74, 6) is -1.05. The lowest BCUT2D eigenvalue weighted by Crippen LogP contribution is -2.33. The molecule has 0 spiro atoms. The summed E-state index contributed by atoms with van der Waals surface area (Å²) in [7, 11) is 0. The highest BCUT2D eigenvalue weighted by molar-refractivity contribution is 5.87. The number of amides is 1. The Kier molecular flexibility index (Phi) is 6.95. The van der Waals surface area contributed by atoms with Gasteiger partial charge in [0.25, 0.3) is 0 Å². The van der Waals surface area contributed by atoms with E-state index in [2.05, 4.69) is 0 Å². The van der Waals surface area contributed by atoms with E-state index in [4.69, 9.17) is 5.11 Å². The summed E-state index contributed by atoms with van der Waals surface area (Å²) in [6.07, 6.45) is 0.986. The molecule has 7 heteroatoms. The van der Waals surface area contributed by atoms with Crippen LogP contribution in [0.15, 0.2) is 72.8 Å². The van der Waals surface area contributed by atoms with Crippen molar-refractivity contribution in [3.8, 4) is 0 Å². The Bertz CT molecular complexity index is 979. The average molecular weight is 429 g/mol. The fourth-order valence-electron chi connectivity index (χ4n) is 3.56. The SMILES string of the molecule is O=C(O)c1ccc(CCN2C(=O)CC[C@@H]2/C=C\C=C(/c2ccccc2)C(F)(F)F)cc1. The molecular formula is C24H22F3NO3. The fraction of sp³-hybridized carbons (Fsp3) is 0.250. The van der Waals surface area contributed by atoms with Crippen LogP contribution in [0.1, 0.15) is 34.3 Å². The average Bonchev–Trinajstić information content (AvgIpc) is 3.09. The van der Waals surface area contributed by atoms with Crippen molar-refractivity contribution in [3.05, 3.63) is 89.5 Å². The zero-order valence-corrected chi connectivity index (χ0v) is 16.7. The number of allylic oxidation sites excluding steroid dienone is 3.